The molecule has 1 heterocycles. The number of carboxylic acid groups (broad SMARTS) is 1. The Morgan fingerprint density at radius 2 is 1.91 bits per heavy atom. The fourth-order valence-electron chi connectivity index (χ4n) is 3.07. The topological polar surface area (TPSA) is 69.6 Å². The van der Waals surface area contributed by atoms with Crippen molar-refractivity contribution in [2.24, 2.45) is 0 Å². The number of benzene rings is 1. The first-order chi connectivity index (χ1) is 10.6. The molecule has 1 aromatic rings. The maximum absolute atomic E-state index is 11.9. The summed E-state index contributed by atoms with van der Waals surface area (Å²) < 4.78 is 0. The van der Waals surface area contributed by atoms with Crippen molar-refractivity contribution >= 4 is 11.9 Å². The minimum atomic E-state index is -0.895. The molecule has 1 atom stereocenters. The maximum Gasteiger partial charge on any atom is 0.335 e. The highest BCUT2D eigenvalue weighted by Gasteiger charge is 2.26. The van der Waals surface area contributed by atoms with Gasteiger partial charge >= 0.3 is 5.97 Å². The molecule has 0 radical (unpaired) electrons. The number of aromatic carboxylic acids is 1. The number of likely N-dealkylation sites (tertiary alicyclic amines) is 1. The molecule has 0 unspecified atom stereocenters. The van der Waals surface area contributed by atoms with E-state index in [1.54, 1.807) is 12.1 Å². The molecule has 0 aromatic heterocycles. The lowest BCUT2D eigenvalue weighted by molar-refractivity contribution is -0.122. The number of rotatable bonds is 5. The predicted octanol–water partition coefficient (Wildman–Crippen LogP) is 1.84. The summed E-state index contributed by atoms with van der Waals surface area (Å²) in [4.78, 5) is 25.0. The summed E-state index contributed by atoms with van der Waals surface area (Å²) in [5, 5.41) is 12.0. The third kappa shape index (κ3) is 3.85. The molecular weight excluding hydrogens is 280 g/mol. The highest BCUT2D eigenvalue weighted by atomic mass is 16.4. The lowest BCUT2D eigenvalue weighted by atomic mass is 9.90. The van der Waals surface area contributed by atoms with Gasteiger partial charge in [0.05, 0.1) is 12.1 Å². The number of nitrogens with one attached hydrogen (secondary N) is 1. The van der Waals surface area contributed by atoms with Gasteiger partial charge in [-0.15, -0.1) is 0 Å². The van der Waals surface area contributed by atoms with Gasteiger partial charge in [0.2, 0.25) is 5.91 Å². The van der Waals surface area contributed by atoms with E-state index in [1.165, 1.54) is 0 Å². The zero-order chi connectivity index (χ0) is 15.5. The van der Waals surface area contributed by atoms with Crippen LogP contribution in [0, 0.1) is 0 Å². The van der Waals surface area contributed by atoms with Crippen molar-refractivity contribution in [2.45, 2.75) is 37.6 Å². The van der Waals surface area contributed by atoms with Gasteiger partial charge in [-0.2, -0.15) is 0 Å². The van der Waals surface area contributed by atoms with Crippen molar-refractivity contribution in [3.05, 3.63) is 35.4 Å². The average molecular weight is 302 g/mol. The van der Waals surface area contributed by atoms with Crippen LogP contribution in [0.4, 0.5) is 0 Å². The van der Waals surface area contributed by atoms with E-state index in [0.29, 0.717) is 24.1 Å². The van der Waals surface area contributed by atoms with Gasteiger partial charge < -0.3 is 10.4 Å². The van der Waals surface area contributed by atoms with E-state index in [9.17, 15) is 9.59 Å². The Bertz CT molecular complexity index is 552. The van der Waals surface area contributed by atoms with Crippen LogP contribution < -0.4 is 5.32 Å². The Hall–Kier alpha value is -1.88. The smallest absolute Gasteiger partial charge is 0.335 e. The van der Waals surface area contributed by atoms with Gasteiger partial charge in [0.15, 0.2) is 0 Å². The molecule has 2 fully saturated rings. The van der Waals surface area contributed by atoms with Gasteiger partial charge in [-0.3, -0.25) is 9.69 Å². The molecule has 0 bridgehead atoms. The Morgan fingerprint density at radius 3 is 2.55 bits per heavy atom. The van der Waals surface area contributed by atoms with Crippen LogP contribution in [0.3, 0.4) is 0 Å². The summed E-state index contributed by atoms with van der Waals surface area (Å²) in [6, 6.07) is 7.55. The van der Waals surface area contributed by atoms with Crippen molar-refractivity contribution in [3.8, 4) is 0 Å². The molecule has 0 spiro atoms. The number of piperidine rings is 1. The summed E-state index contributed by atoms with van der Waals surface area (Å²) >= 11 is 0. The quantitative estimate of drug-likeness (QED) is 0.871. The molecule has 5 heteroatoms. The van der Waals surface area contributed by atoms with Crippen molar-refractivity contribution in [1.82, 2.24) is 10.2 Å². The molecule has 1 saturated carbocycles. The second-order valence-electron chi connectivity index (χ2n) is 6.34. The molecule has 1 amide bonds. The van der Waals surface area contributed by atoms with Crippen LogP contribution in [-0.4, -0.2) is 47.6 Å². The predicted molar refractivity (Wildman–Crippen MR) is 83.0 cm³/mol. The van der Waals surface area contributed by atoms with Crippen molar-refractivity contribution in [2.75, 3.05) is 19.6 Å². The van der Waals surface area contributed by atoms with Crippen molar-refractivity contribution < 1.29 is 14.7 Å². The van der Waals surface area contributed by atoms with E-state index >= 15 is 0 Å². The highest BCUT2D eigenvalue weighted by molar-refractivity contribution is 5.87. The van der Waals surface area contributed by atoms with Crippen LogP contribution in [0.1, 0.15) is 47.5 Å². The van der Waals surface area contributed by atoms with Gasteiger partial charge in [0.25, 0.3) is 0 Å². The standard InChI is InChI=1S/C17H22N2O3/c20-16(18-15-7-8-15)11-19-9-1-2-14(10-19)12-3-5-13(6-4-12)17(21)22/h3-6,14-15H,1-2,7-11H2,(H,18,20)(H,21,22)/t14-/m0/s1. The molecule has 1 aliphatic carbocycles. The van der Waals surface area contributed by atoms with Crippen molar-refractivity contribution in [3.63, 3.8) is 0 Å². The third-order valence-electron chi connectivity index (χ3n) is 4.44. The molecule has 5 nitrogen and oxygen atoms in total. The van der Waals surface area contributed by atoms with Gasteiger partial charge in [0, 0.05) is 12.6 Å². The molecular formula is C17H22N2O3. The third-order valence-corrected chi connectivity index (χ3v) is 4.44. The summed E-state index contributed by atoms with van der Waals surface area (Å²) in [7, 11) is 0. The summed E-state index contributed by atoms with van der Waals surface area (Å²) in [6.07, 6.45) is 4.39. The van der Waals surface area contributed by atoms with Gasteiger partial charge in [0.1, 0.15) is 0 Å². The second kappa shape index (κ2) is 6.48. The fourth-order valence-corrected chi connectivity index (χ4v) is 3.07. The van der Waals surface area contributed by atoms with Gasteiger partial charge in [-0.1, -0.05) is 12.1 Å². The summed E-state index contributed by atoms with van der Waals surface area (Å²) in [5.41, 5.74) is 1.48. The maximum atomic E-state index is 11.9. The summed E-state index contributed by atoms with van der Waals surface area (Å²) in [6.45, 7) is 2.30. The van der Waals surface area contributed by atoms with Crippen LogP contribution in [0.5, 0.6) is 0 Å². The largest absolute Gasteiger partial charge is 0.478 e. The molecule has 2 N–H and O–H groups in total. The first kappa shape index (κ1) is 15.0. The second-order valence-corrected chi connectivity index (χ2v) is 6.34. The highest BCUT2D eigenvalue weighted by Crippen LogP contribution is 2.27. The van der Waals surface area contributed by atoms with Gasteiger partial charge in [-0.25, -0.2) is 4.79 Å². The number of hydrogen-bond acceptors (Lipinski definition) is 3. The fraction of sp³-hybridized carbons (Fsp3) is 0.529. The number of hydrogen-bond donors (Lipinski definition) is 2. The molecule has 1 saturated heterocycles. The minimum Gasteiger partial charge on any atom is -0.478 e. The van der Waals surface area contributed by atoms with Crippen LogP contribution in [0.25, 0.3) is 0 Å². The van der Waals surface area contributed by atoms with Crippen LogP contribution >= 0.6 is 0 Å². The Morgan fingerprint density at radius 1 is 1.18 bits per heavy atom. The molecule has 3 rings (SSSR count). The first-order valence-corrected chi connectivity index (χ1v) is 7.97. The lowest BCUT2D eigenvalue weighted by Crippen LogP contribution is -2.42. The van der Waals surface area contributed by atoms with E-state index < -0.39 is 5.97 Å². The monoisotopic (exact) mass is 302 g/mol. The van der Waals surface area contributed by atoms with E-state index in [-0.39, 0.29) is 5.91 Å². The Labute approximate surface area is 130 Å². The van der Waals surface area contributed by atoms with E-state index in [0.717, 1.165) is 44.3 Å². The number of nitrogens with zero attached hydrogens (tertiary/aromatic N) is 1. The SMILES string of the molecule is O=C(CN1CCC[C@H](c2ccc(C(=O)O)cc2)C1)NC1CC1. The molecule has 1 aliphatic heterocycles. The minimum absolute atomic E-state index is 0.129. The number of carbonyl (C=O) groups is 2. The van der Waals surface area contributed by atoms with Crippen molar-refractivity contribution in [1.29, 1.82) is 0 Å². The lowest BCUT2D eigenvalue weighted by Gasteiger charge is -2.32. The number of amides is 1. The molecule has 1 aromatic carbocycles. The van der Waals surface area contributed by atoms with Crippen LogP contribution in [0.15, 0.2) is 24.3 Å². The molecule has 2 aliphatic rings. The number of carboxylic acids is 1. The number of carbonyl (C=O) groups excluding carboxylic acids is 1. The normalized spacial score (nSPS) is 22.3. The Balaban J connectivity index is 1.57. The zero-order valence-corrected chi connectivity index (χ0v) is 12.6. The molecule has 22 heavy (non-hydrogen) atoms. The van der Waals surface area contributed by atoms with E-state index in [1.807, 2.05) is 12.1 Å². The average Bonchev–Trinajstić information content (AvgIpc) is 3.31. The zero-order valence-electron chi connectivity index (χ0n) is 12.6. The van der Waals surface area contributed by atoms with Crippen LogP contribution in [-0.2, 0) is 4.79 Å². The van der Waals surface area contributed by atoms with Crippen LogP contribution in [0.2, 0.25) is 0 Å². The Kier molecular flexibility index (Phi) is 4.43. The molecule has 118 valence electrons. The first-order valence-electron chi connectivity index (χ1n) is 7.97. The van der Waals surface area contributed by atoms with E-state index in [4.69, 9.17) is 5.11 Å². The summed E-state index contributed by atoms with van der Waals surface area (Å²) in [5.74, 6) is -0.386. The van der Waals surface area contributed by atoms with Gasteiger partial charge in [-0.05, 0) is 55.8 Å². The van der Waals surface area contributed by atoms with E-state index in [2.05, 4.69) is 10.2 Å².